The number of benzene rings is 2. The maximum Gasteiger partial charge on any atom is 0.292 e. The van der Waals surface area contributed by atoms with Crippen molar-refractivity contribution in [3.05, 3.63) is 63.0 Å². The highest BCUT2D eigenvalue weighted by molar-refractivity contribution is 6.32. The predicted molar refractivity (Wildman–Crippen MR) is 111 cm³/mol. The number of hydrogen-bond donors (Lipinski definition) is 2. The van der Waals surface area contributed by atoms with Crippen LogP contribution in [0.25, 0.3) is 10.8 Å². The van der Waals surface area contributed by atoms with Crippen molar-refractivity contribution in [2.24, 2.45) is 5.10 Å². The van der Waals surface area contributed by atoms with Gasteiger partial charge in [0.2, 0.25) is 0 Å². The normalized spacial score (nSPS) is 11.2. The lowest BCUT2D eigenvalue weighted by Gasteiger charge is -2.15. The molecule has 3 rings (SSSR count). The van der Waals surface area contributed by atoms with E-state index >= 15 is 0 Å². The minimum absolute atomic E-state index is 0.0636. The van der Waals surface area contributed by atoms with Gasteiger partial charge in [-0.3, -0.25) is 9.59 Å². The zero-order valence-electron chi connectivity index (χ0n) is 16.0. The molecule has 0 saturated heterocycles. The molecule has 3 aromatic rings. The Kier molecular flexibility index (Phi) is 6.13. The third-order valence-corrected chi connectivity index (χ3v) is 4.18. The monoisotopic (exact) mass is 414 g/mol. The van der Waals surface area contributed by atoms with Gasteiger partial charge in [0.05, 0.1) is 29.8 Å². The Balaban J connectivity index is 1.82. The van der Waals surface area contributed by atoms with Crippen molar-refractivity contribution >= 4 is 34.5 Å². The Labute approximate surface area is 171 Å². The quantitative estimate of drug-likeness (QED) is 0.476. The van der Waals surface area contributed by atoms with Crippen LogP contribution in [0.1, 0.15) is 29.9 Å². The lowest BCUT2D eigenvalue weighted by molar-refractivity contribution is 0.0951. The van der Waals surface area contributed by atoms with Crippen molar-refractivity contribution in [3.63, 3.8) is 0 Å². The minimum atomic E-state index is -0.563. The first-order chi connectivity index (χ1) is 13.9. The number of halogens is 1. The molecule has 0 aliphatic rings. The SMILES string of the molecule is COc1cc(/C=N\NC(=O)c2n[nH]c(=O)c3ccccc23)cc(Cl)c1OC(C)C. The standard InChI is InChI=1S/C20H19ClN4O4/c1-11(2)29-18-15(21)8-12(9-16(18)28-3)10-22-24-20(27)17-13-6-4-5-7-14(13)19(26)25-23-17/h4-11H,1-3H3,(H,24,27)(H,25,26)/b22-10-. The molecule has 1 aromatic heterocycles. The van der Waals surface area contributed by atoms with Crippen LogP contribution in [-0.2, 0) is 0 Å². The summed E-state index contributed by atoms with van der Waals surface area (Å²) in [5, 5.41) is 11.2. The zero-order chi connectivity index (χ0) is 21.0. The van der Waals surface area contributed by atoms with Gasteiger partial charge in [0.1, 0.15) is 0 Å². The Morgan fingerprint density at radius 3 is 2.69 bits per heavy atom. The molecule has 1 heterocycles. The van der Waals surface area contributed by atoms with Gasteiger partial charge >= 0.3 is 0 Å². The second-order valence-electron chi connectivity index (χ2n) is 6.35. The lowest BCUT2D eigenvalue weighted by atomic mass is 10.1. The van der Waals surface area contributed by atoms with E-state index in [2.05, 4.69) is 20.7 Å². The first-order valence-electron chi connectivity index (χ1n) is 8.75. The number of carbonyl (C=O) groups is 1. The molecule has 2 aromatic carbocycles. The number of nitrogens with zero attached hydrogens (tertiary/aromatic N) is 2. The molecule has 0 aliphatic heterocycles. The molecule has 0 unspecified atom stereocenters. The first kappa shape index (κ1) is 20.3. The van der Waals surface area contributed by atoms with E-state index in [1.807, 2.05) is 13.8 Å². The third kappa shape index (κ3) is 4.55. The van der Waals surface area contributed by atoms with E-state index < -0.39 is 5.91 Å². The van der Waals surface area contributed by atoms with E-state index in [-0.39, 0.29) is 17.4 Å². The number of hydrogen-bond acceptors (Lipinski definition) is 6. The summed E-state index contributed by atoms with van der Waals surface area (Å²) in [6.07, 6.45) is 1.35. The van der Waals surface area contributed by atoms with E-state index in [9.17, 15) is 9.59 Å². The summed E-state index contributed by atoms with van der Waals surface area (Å²) >= 11 is 6.28. The maximum atomic E-state index is 12.4. The van der Waals surface area contributed by atoms with Crippen molar-refractivity contribution in [3.8, 4) is 11.5 Å². The fourth-order valence-electron chi connectivity index (χ4n) is 2.67. The van der Waals surface area contributed by atoms with Crippen LogP contribution >= 0.6 is 11.6 Å². The van der Waals surface area contributed by atoms with Crippen molar-refractivity contribution in [2.45, 2.75) is 20.0 Å². The molecule has 0 spiro atoms. The number of aromatic amines is 1. The van der Waals surface area contributed by atoms with Crippen molar-refractivity contribution in [1.82, 2.24) is 15.6 Å². The zero-order valence-corrected chi connectivity index (χ0v) is 16.8. The molecule has 1 amide bonds. The molecule has 0 radical (unpaired) electrons. The molecule has 0 saturated carbocycles. The van der Waals surface area contributed by atoms with Gasteiger partial charge in [-0.1, -0.05) is 29.8 Å². The number of rotatable bonds is 6. The fraction of sp³-hybridized carbons (Fsp3) is 0.200. The summed E-state index contributed by atoms with van der Waals surface area (Å²) in [6.45, 7) is 3.77. The van der Waals surface area contributed by atoms with E-state index in [0.29, 0.717) is 32.9 Å². The largest absolute Gasteiger partial charge is 0.493 e. The van der Waals surface area contributed by atoms with E-state index in [1.165, 1.54) is 13.3 Å². The number of aromatic nitrogens is 2. The van der Waals surface area contributed by atoms with Crippen LogP contribution in [0.3, 0.4) is 0 Å². The molecule has 150 valence electrons. The Hall–Kier alpha value is -3.39. The number of amides is 1. The highest BCUT2D eigenvalue weighted by Gasteiger charge is 2.14. The Morgan fingerprint density at radius 1 is 1.28 bits per heavy atom. The average Bonchev–Trinajstić information content (AvgIpc) is 2.70. The van der Waals surface area contributed by atoms with Crippen LogP contribution in [0.2, 0.25) is 5.02 Å². The van der Waals surface area contributed by atoms with E-state index in [1.54, 1.807) is 36.4 Å². The molecule has 9 heteroatoms. The summed E-state index contributed by atoms with van der Waals surface area (Å²) in [6, 6.07) is 10.0. The predicted octanol–water partition coefficient (Wildman–Crippen LogP) is 3.14. The second-order valence-corrected chi connectivity index (χ2v) is 6.75. The van der Waals surface area contributed by atoms with Crippen molar-refractivity contribution < 1.29 is 14.3 Å². The van der Waals surface area contributed by atoms with Gasteiger partial charge < -0.3 is 9.47 Å². The van der Waals surface area contributed by atoms with Gasteiger partial charge in [-0.15, -0.1) is 0 Å². The van der Waals surface area contributed by atoms with Crippen molar-refractivity contribution in [2.75, 3.05) is 7.11 Å². The number of ether oxygens (including phenoxy) is 2. The van der Waals surface area contributed by atoms with Gasteiger partial charge in [-0.25, -0.2) is 10.5 Å². The molecule has 2 N–H and O–H groups in total. The highest BCUT2D eigenvalue weighted by atomic mass is 35.5. The van der Waals surface area contributed by atoms with Crippen molar-refractivity contribution in [1.29, 1.82) is 0 Å². The summed E-state index contributed by atoms with van der Waals surface area (Å²) in [4.78, 5) is 24.3. The minimum Gasteiger partial charge on any atom is -0.493 e. The van der Waals surface area contributed by atoms with E-state index in [0.717, 1.165) is 0 Å². The summed E-state index contributed by atoms with van der Waals surface area (Å²) in [7, 11) is 1.51. The number of fused-ring (bicyclic) bond motifs is 1. The van der Waals surface area contributed by atoms with Gasteiger partial charge in [0, 0.05) is 5.39 Å². The average molecular weight is 415 g/mol. The number of H-pyrrole nitrogens is 1. The number of methoxy groups -OCH3 is 1. The summed E-state index contributed by atoms with van der Waals surface area (Å²) in [5.41, 5.74) is 2.69. The molecule has 8 nitrogen and oxygen atoms in total. The highest BCUT2D eigenvalue weighted by Crippen LogP contribution is 2.36. The topological polar surface area (TPSA) is 106 Å². The molecule has 0 aliphatic carbocycles. The van der Waals surface area contributed by atoms with Crippen LogP contribution in [0, 0.1) is 0 Å². The van der Waals surface area contributed by atoms with Crippen LogP contribution in [0.15, 0.2) is 46.3 Å². The number of hydrazone groups is 1. The van der Waals surface area contributed by atoms with Gasteiger partial charge in [-0.2, -0.15) is 10.2 Å². The maximum absolute atomic E-state index is 12.4. The van der Waals surface area contributed by atoms with Crippen LogP contribution in [0.5, 0.6) is 11.5 Å². The fourth-order valence-corrected chi connectivity index (χ4v) is 2.93. The second kappa shape index (κ2) is 8.74. The van der Waals surface area contributed by atoms with Crippen LogP contribution in [-0.4, -0.2) is 35.5 Å². The molecule has 29 heavy (non-hydrogen) atoms. The van der Waals surface area contributed by atoms with Gasteiger partial charge in [0.15, 0.2) is 17.2 Å². The van der Waals surface area contributed by atoms with Gasteiger partial charge in [-0.05, 0) is 37.6 Å². The molecule has 0 fully saturated rings. The summed E-state index contributed by atoms with van der Waals surface area (Å²) in [5.74, 6) is 0.327. The molecular formula is C20H19ClN4O4. The van der Waals surface area contributed by atoms with Crippen LogP contribution < -0.4 is 20.5 Å². The Morgan fingerprint density at radius 2 is 2.00 bits per heavy atom. The third-order valence-electron chi connectivity index (χ3n) is 3.90. The number of carbonyl (C=O) groups excluding carboxylic acids is 1. The molecular weight excluding hydrogens is 396 g/mol. The molecule has 0 atom stereocenters. The van der Waals surface area contributed by atoms with Crippen LogP contribution in [0.4, 0.5) is 0 Å². The lowest BCUT2D eigenvalue weighted by Crippen LogP contribution is -2.22. The summed E-state index contributed by atoms with van der Waals surface area (Å²) < 4.78 is 11.0. The first-order valence-corrected chi connectivity index (χ1v) is 9.13. The van der Waals surface area contributed by atoms with Gasteiger partial charge in [0.25, 0.3) is 11.5 Å². The number of nitrogens with one attached hydrogen (secondary N) is 2. The van der Waals surface area contributed by atoms with E-state index in [4.69, 9.17) is 21.1 Å². The Bertz CT molecular complexity index is 1140. The molecule has 0 bridgehead atoms. The smallest absolute Gasteiger partial charge is 0.292 e.